The summed E-state index contributed by atoms with van der Waals surface area (Å²) in [6.45, 7) is 0.732. The van der Waals surface area contributed by atoms with Crippen LogP contribution in [0.4, 0.5) is 0 Å². The molecule has 1 saturated heterocycles. The van der Waals surface area contributed by atoms with Crippen LogP contribution in [0.25, 0.3) is 0 Å². The number of rotatable bonds is 5. The van der Waals surface area contributed by atoms with Crippen LogP contribution >= 0.6 is 0 Å². The zero-order chi connectivity index (χ0) is 12.1. The smallest absolute Gasteiger partial charge is 0.306 e. The Hall–Kier alpha value is -1.68. The number of carbonyl (C=O) groups is 2. The van der Waals surface area contributed by atoms with Gasteiger partial charge in [-0.25, -0.2) is 0 Å². The predicted octanol–water partition coefficient (Wildman–Crippen LogP) is 1.05. The van der Waals surface area contributed by atoms with Gasteiger partial charge in [-0.05, 0) is 12.0 Å². The molecule has 90 valence electrons. The largest absolute Gasteiger partial charge is 0.461 e. The van der Waals surface area contributed by atoms with Crippen molar-refractivity contribution < 1.29 is 14.3 Å². The number of ether oxygens (including phenoxy) is 1. The Kier molecular flexibility index (Phi) is 3.88. The van der Waals surface area contributed by atoms with Gasteiger partial charge in [0.2, 0.25) is 0 Å². The van der Waals surface area contributed by atoms with E-state index < -0.39 is 0 Å². The van der Waals surface area contributed by atoms with Crippen LogP contribution in [0.3, 0.4) is 0 Å². The Labute approximate surface area is 100.0 Å². The number of carbonyl (C=O) groups excluding carboxylic acids is 2. The van der Waals surface area contributed by atoms with Crippen molar-refractivity contribution in [1.29, 1.82) is 0 Å². The molecule has 1 fully saturated rings. The third-order valence-electron chi connectivity index (χ3n) is 2.79. The van der Waals surface area contributed by atoms with E-state index in [-0.39, 0.29) is 24.2 Å². The van der Waals surface area contributed by atoms with E-state index in [1.165, 1.54) is 0 Å². The van der Waals surface area contributed by atoms with Crippen LogP contribution in [-0.2, 0) is 20.9 Å². The summed E-state index contributed by atoms with van der Waals surface area (Å²) in [7, 11) is 0. The summed E-state index contributed by atoms with van der Waals surface area (Å²) in [5, 5.41) is 2.97. The first-order chi connectivity index (χ1) is 8.25. The Morgan fingerprint density at radius 2 is 2.12 bits per heavy atom. The lowest BCUT2D eigenvalue weighted by atomic mass is 10.0. The molecule has 0 spiro atoms. The van der Waals surface area contributed by atoms with Crippen molar-refractivity contribution in [3.63, 3.8) is 0 Å². The second-order valence-corrected chi connectivity index (χ2v) is 4.08. The lowest BCUT2D eigenvalue weighted by Crippen LogP contribution is -2.53. The molecule has 1 aliphatic rings. The van der Waals surface area contributed by atoms with E-state index >= 15 is 0 Å². The summed E-state index contributed by atoms with van der Waals surface area (Å²) >= 11 is 0. The zero-order valence-corrected chi connectivity index (χ0v) is 9.52. The molecule has 0 aliphatic carbocycles. The van der Waals surface area contributed by atoms with E-state index in [0.29, 0.717) is 19.6 Å². The molecule has 4 heteroatoms. The molecular weight excluding hydrogens is 218 g/mol. The summed E-state index contributed by atoms with van der Waals surface area (Å²) in [6, 6.07) is 9.40. The Balaban J connectivity index is 1.66. The normalized spacial score (nSPS) is 18.6. The highest BCUT2D eigenvalue weighted by molar-refractivity contribution is 5.91. The van der Waals surface area contributed by atoms with Crippen molar-refractivity contribution >= 4 is 11.8 Å². The van der Waals surface area contributed by atoms with Gasteiger partial charge in [0.25, 0.3) is 0 Å². The minimum absolute atomic E-state index is 0.140. The zero-order valence-electron chi connectivity index (χ0n) is 9.52. The highest BCUT2D eigenvalue weighted by Crippen LogP contribution is 2.08. The highest BCUT2D eigenvalue weighted by atomic mass is 16.5. The lowest BCUT2D eigenvalue weighted by Gasteiger charge is -2.25. The Bertz CT molecular complexity index is 402. The van der Waals surface area contributed by atoms with Crippen molar-refractivity contribution in [1.82, 2.24) is 5.32 Å². The number of esters is 1. The fourth-order valence-corrected chi connectivity index (χ4v) is 1.67. The highest BCUT2D eigenvalue weighted by Gasteiger charge is 2.27. The van der Waals surface area contributed by atoms with Crippen LogP contribution in [0.5, 0.6) is 0 Å². The second-order valence-electron chi connectivity index (χ2n) is 4.08. The van der Waals surface area contributed by atoms with E-state index in [1.54, 1.807) is 0 Å². The monoisotopic (exact) mass is 233 g/mol. The molecule has 1 heterocycles. The fourth-order valence-electron chi connectivity index (χ4n) is 1.67. The third kappa shape index (κ3) is 3.39. The van der Waals surface area contributed by atoms with Gasteiger partial charge in [-0.1, -0.05) is 30.3 Å². The summed E-state index contributed by atoms with van der Waals surface area (Å²) in [4.78, 5) is 22.4. The molecule has 17 heavy (non-hydrogen) atoms. The van der Waals surface area contributed by atoms with E-state index in [0.717, 1.165) is 5.56 Å². The lowest BCUT2D eigenvalue weighted by molar-refractivity contribution is -0.145. The minimum Gasteiger partial charge on any atom is -0.461 e. The molecule has 0 radical (unpaired) electrons. The van der Waals surface area contributed by atoms with Crippen LogP contribution < -0.4 is 5.32 Å². The minimum atomic E-state index is -0.254. The molecule has 1 aliphatic heterocycles. The van der Waals surface area contributed by atoms with Crippen LogP contribution in [0.2, 0.25) is 0 Å². The van der Waals surface area contributed by atoms with Crippen LogP contribution in [0.1, 0.15) is 18.4 Å². The van der Waals surface area contributed by atoms with Gasteiger partial charge < -0.3 is 10.1 Å². The maximum atomic E-state index is 11.4. The number of hydrogen-bond donors (Lipinski definition) is 1. The molecular formula is C13H15NO3. The molecule has 1 aromatic carbocycles. The average Bonchev–Trinajstić information content (AvgIpc) is 2.36. The maximum absolute atomic E-state index is 11.4. The molecule has 0 aromatic heterocycles. The average molecular weight is 233 g/mol. The van der Waals surface area contributed by atoms with Crippen LogP contribution in [0, 0.1) is 0 Å². The molecule has 1 atom stereocenters. The van der Waals surface area contributed by atoms with Gasteiger partial charge in [0.05, 0.1) is 12.6 Å². The predicted molar refractivity (Wildman–Crippen MR) is 62.3 cm³/mol. The standard InChI is InChI=1S/C13H15NO3/c15-12-8-14-11(12)6-7-13(16)17-9-10-4-2-1-3-5-10/h1-5,11,14H,6-9H2/t11-/m0/s1. The number of ketones is 1. The number of Topliss-reactive ketones (excluding diaryl/α,β-unsaturated/α-hetero) is 1. The van der Waals surface area contributed by atoms with Gasteiger partial charge in [-0.15, -0.1) is 0 Å². The van der Waals surface area contributed by atoms with Gasteiger partial charge in [-0.2, -0.15) is 0 Å². The van der Waals surface area contributed by atoms with Crippen LogP contribution in [0.15, 0.2) is 30.3 Å². The number of benzene rings is 1. The van der Waals surface area contributed by atoms with Crippen molar-refractivity contribution in [2.45, 2.75) is 25.5 Å². The van der Waals surface area contributed by atoms with E-state index in [2.05, 4.69) is 5.32 Å². The molecule has 1 N–H and O–H groups in total. The Morgan fingerprint density at radius 3 is 2.71 bits per heavy atom. The molecule has 0 amide bonds. The van der Waals surface area contributed by atoms with Crippen molar-refractivity contribution in [3.05, 3.63) is 35.9 Å². The molecule has 4 nitrogen and oxygen atoms in total. The second kappa shape index (κ2) is 5.59. The molecule has 0 unspecified atom stereocenters. The maximum Gasteiger partial charge on any atom is 0.306 e. The summed E-state index contributed by atoms with van der Waals surface area (Å²) in [5.41, 5.74) is 0.971. The first kappa shape index (κ1) is 11.8. The summed E-state index contributed by atoms with van der Waals surface area (Å²) in [5.74, 6) is -0.0730. The van der Waals surface area contributed by atoms with Gasteiger partial charge in [0.1, 0.15) is 6.61 Å². The topological polar surface area (TPSA) is 55.4 Å². The fraction of sp³-hybridized carbons (Fsp3) is 0.385. The van der Waals surface area contributed by atoms with Crippen molar-refractivity contribution in [2.24, 2.45) is 0 Å². The molecule has 0 bridgehead atoms. The SMILES string of the molecule is O=C(CC[C@@H]1NCC1=O)OCc1ccccc1. The molecule has 2 rings (SSSR count). The summed E-state index contributed by atoms with van der Waals surface area (Å²) in [6.07, 6.45) is 0.822. The van der Waals surface area contributed by atoms with Crippen molar-refractivity contribution in [2.75, 3.05) is 6.54 Å². The van der Waals surface area contributed by atoms with E-state index in [4.69, 9.17) is 4.74 Å². The third-order valence-corrected chi connectivity index (χ3v) is 2.79. The number of hydrogen-bond acceptors (Lipinski definition) is 4. The van der Waals surface area contributed by atoms with Gasteiger partial charge >= 0.3 is 5.97 Å². The first-order valence-corrected chi connectivity index (χ1v) is 5.71. The Morgan fingerprint density at radius 1 is 1.35 bits per heavy atom. The van der Waals surface area contributed by atoms with E-state index in [1.807, 2.05) is 30.3 Å². The van der Waals surface area contributed by atoms with Gasteiger partial charge in [0.15, 0.2) is 5.78 Å². The quantitative estimate of drug-likeness (QED) is 0.772. The van der Waals surface area contributed by atoms with Crippen molar-refractivity contribution in [3.8, 4) is 0 Å². The summed E-state index contributed by atoms with van der Waals surface area (Å²) < 4.78 is 5.10. The van der Waals surface area contributed by atoms with Gasteiger partial charge in [0, 0.05) is 6.42 Å². The molecule has 1 aromatic rings. The van der Waals surface area contributed by atoms with E-state index in [9.17, 15) is 9.59 Å². The van der Waals surface area contributed by atoms with Crippen LogP contribution in [-0.4, -0.2) is 24.3 Å². The molecule has 0 saturated carbocycles. The van der Waals surface area contributed by atoms with Gasteiger partial charge in [-0.3, -0.25) is 9.59 Å². The number of nitrogens with one attached hydrogen (secondary N) is 1. The first-order valence-electron chi connectivity index (χ1n) is 5.71.